The summed E-state index contributed by atoms with van der Waals surface area (Å²) in [5.41, 5.74) is 0.716. The van der Waals surface area contributed by atoms with Crippen LogP contribution in [-0.2, 0) is 11.4 Å². The number of nitrogens with zero attached hydrogens (tertiary/aromatic N) is 1. The van der Waals surface area contributed by atoms with Crippen molar-refractivity contribution in [3.05, 3.63) is 29.8 Å². The third-order valence-corrected chi connectivity index (χ3v) is 1.72. The molecular weight excluding hydrogens is 235 g/mol. The fraction of sp³-hybridized carbons (Fsp3) is 0.364. The molecular formula is C11H12F3NO2. The van der Waals surface area contributed by atoms with Gasteiger partial charge in [-0.15, -0.1) is 13.2 Å². The zero-order valence-corrected chi connectivity index (χ0v) is 9.20. The van der Waals surface area contributed by atoms with Crippen molar-refractivity contribution < 1.29 is 22.7 Å². The van der Waals surface area contributed by atoms with Gasteiger partial charge in [-0.05, 0) is 24.1 Å². The van der Waals surface area contributed by atoms with Gasteiger partial charge in [0.15, 0.2) is 0 Å². The number of hydrogen-bond acceptors (Lipinski definition) is 3. The molecule has 0 N–H and O–H groups in total. The summed E-state index contributed by atoms with van der Waals surface area (Å²) in [6.45, 7) is 2.12. The molecule has 0 spiro atoms. The van der Waals surface area contributed by atoms with Crippen molar-refractivity contribution in [1.29, 1.82) is 0 Å². The van der Waals surface area contributed by atoms with Gasteiger partial charge < -0.3 is 9.57 Å². The van der Waals surface area contributed by atoms with Gasteiger partial charge >= 0.3 is 6.36 Å². The van der Waals surface area contributed by atoms with Gasteiger partial charge in [-0.3, -0.25) is 0 Å². The highest BCUT2D eigenvalue weighted by Crippen LogP contribution is 2.22. The van der Waals surface area contributed by atoms with Crippen LogP contribution >= 0.6 is 0 Å². The van der Waals surface area contributed by atoms with E-state index >= 15 is 0 Å². The minimum Gasteiger partial charge on any atom is -0.406 e. The predicted octanol–water partition coefficient (Wildman–Crippen LogP) is 3.50. The summed E-state index contributed by atoms with van der Waals surface area (Å²) in [6.07, 6.45) is -2.30. The van der Waals surface area contributed by atoms with Gasteiger partial charge in [-0.1, -0.05) is 24.2 Å². The second-order valence-corrected chi connectivity index (χ2v) is 3.16. The Morgan fingerprint density at radius 2 is 1.88 bits per heavy atom. The van der Waals surface area contributed by atoms with Crippen LogP contribution in [0, 0.1) is 0 Å². The van der Waals surface area contributed by atoms with Crippen molar-refractivity contribution in [1.82, 2.24) is 0 Å². The molecule has 0 amide bonds. The lowest BCUT2D eigenvalue weighted by Gasteiger charge is -2.08. The molecule has 0 unspecified atom stereocenters. The molecule has 0 atom stereocenters. The molecule has 3 nitrogen and oxygen atoms in total. The lowest BCUT2D eigenvalue weighted by Crippen LogP contribution is -2.17. The van der Waals surface area contributed by atoms with E-state index in [1.807, 2.05) is 6.92 Å². The van der Waals surface area contributed by atoms with Gasteiger partial charge in [0.1, 0.15) is 12.4 Å². The summed E-state index contributed by atoms with van der Waals surface area (Å²) >= 11 is 0. The standard InChI is InChI=1S/C11H12F3NO2/c1-2-7-15-16-8-9-3-5-10(6-4-9)17-11(12,13)14/h3-7H,2,8H2,1H3/b15-7+. The van der Waals surface area contributed by atoms with E-state index in [1.165, 1.54) is 24.3 Å². The number of hydrogen-bond donors (Lipinski definition) is 0. The molecule has 17 heavy (non-hydrogen) atoms. The highest BCUT2D eigenvalue weighted by atomic mass is 19.4. The van der Waals surface area contributed by atoms with Crippen LogP contribution in [0.15, 0.2) is 29.4 Å². The van der Waals surface area contributed by atoms with Crippen molar-refractivity contribution >= 4 is 6.21 Å². The van der Waals surface area contributed by atoms with Gasteiger partial charge in [0.05, 0.1) is 0 Å². The van der Waals surface area contributed by atoms with Crippen molar-refractivity contribution in [3.8, 4) is 5.75 Å². The number of alkyl halides is 3. The highest BCUT2D eigenvalue weighted by molar-refractivity contribution is 5.55. The molecule has 1 rings (SSSR count). The molecule has 0 aliphatic rings. The number of benzene rings is 1. The van der Waals surface area contributed by atoms with E-state index in [4.69, 9.17) is 4.84 Å². The smallest absolute Gasteiger partial charge is 0.406 e. The van der Waals surface area contributed by atoms with Crippen molar-refractivity contribution in [3.63, 3.8) is 0 Å². The summed E-state index contributed by atoms with van der Waals surface area (Å²) in [5, 5.41) is 3.63. The van der Waals surface area contributed by atoms with Crippen LogP contribution in [0.5, 0.6) is 5.75 Å². The van der Waals surface area contributed by atoms with E-state index in [-0.39, 0.29) is 12.4 Å². The highest BCUT2D eigenvalue weighted by Gasteiger charge is 2.30. The third kappa shape index (κ3) is 5.79. The van der Waals surface area contributed by atoms with Crippen molar-refractivity contribution in [2.75, 3.05) is 0 Å². The second kappa shape index (κ2) is 6.12. The zero-order valence-electron chi connectivity index (χ0n) is 9.20. The lowest BCUT2D eigenvalue weighted by atomic mass is 10.2. The molecule has 94 valence electrons. The SMILES string of the molecule is CC/C=N/OCc1ccc(OC(F)(F)F)cc1. The van der Waals surface area contributed by atoms with Gasteiger partial charge in [-0.25, -0.2) is 0 Å². The van der Waals surface area contributed by atoms with E-state index in [9.17, 15) is 13.2 Å². The third-order valence-electron chi connectivity index (χ3n) is 1.72. The first kappa shape index (κ1) is 13.3. The average Bonchev–Trinajstić information content (AvgIpc) is 2.25. The van der Waals surface area contributed by atoms with Gasteiger partial charge in [0, 0.05) is 6.21 Å². The first-order valence-corrected chi connectivity index (χ1v) is 4.99. The van der Waals surface area contributed by atoms with E-state index in [1.54, 1.807) is 6.21 Å². The first-order valence-electron chi connectivity index (χ1n) is 4.99. The molecule has 0 aromatic heterocycles. The molecule has 1 aromatic rings. The first-order chi connectivity index (χ1) is 8.01. The molecule has 0 aliphatic heterocycles. The maximum atomic E-state index is 11.9. The number of rotatable bonds is 5. The molecule has 0 heterocycles. The van der Waals surface area contributed by atoms with Crippen LogP contribution < -0.4 is 4.74 Å². The molecule has 0 radical (unpaired) electrons. The lowest BCUT2D eigenvalue weighted by molar-refractivity contribution is -0.274. The molecule has 0 aliphatic carbocycles. The van der Waals surface area contributed by atoms with Crippen molar-refractivity contribution in [2.24, 2.45) is 5.16 Å². The normalized spacial score (nSPS) is 11.8. The summed E-state index contributed by atoms with van der Waals surface area (Å²) in [5.74, 6) is -0.252. The zero-order chi connectivity index (χ0) is 12.7. The van der Waals surface area contributed by atoms with Crippen LogP contribution in [-0.4, -0.2) is 12.6 Å². The number of halogens is 3. The molecule has 0 bridgehead atoms. The van der Waals surface area contributed by atoms with Crippen LogP contribution in [0.4, 0.5) is 13.2 Å². The number of ether oxygens (including phenoxy) is 1. The van der Waals surface area contributed by atoms with Crippen molar-refractivity contribution in [2.45, 2.75) is 26.3 Å². The molecule has 0 fully saturated rings. The Bertz CT molecular complexity index is 360. The number of oxime groups is 1. The Morgan fingerprint density at radius 1 is 1.24 bits per heavy atom. The quantitative estimate of drug-likeness (QED) is 0.589. The Hall–Kier alpha value is -1.72. The molecule has 0 saturated heterocycles. The summed E-state index contributed by atoms with van der Waals surface area (Å²) in [6, 6.07) is 5.44. The fourth-order valence-electron chi connectivity index (χ4n) is 1.03. The summed E-state index contributed by atoms with van der Waals surface area (Å²) in [7, 11) is 0. The average molecular weight is 247 g/mol. The van der Waals surface area contributed by atoms with Gasteiger partial charge in [0.25, 0.3) is 0 Å². The molecule has 0 saturated carbocycles. The maximum absolute atomic E-state index is 11.9. The Labute approximate surface area is 96.8 Å². The van der Waals surface area contributed by atoms with E-state index in [0.29, 0.717) is 5.56 Å². The van der Waals surface area contributed by atoms with Crippen LogP contribution in [0.1, 0.15) is 18.9 Å². The second-order valence-electron chi connectivity index (χ2n) is 3.16. The monoisotopic (exact) mass is 247 g/mol. The van der Waals surface area contributed by atoms with Crippen LogP contribution in [0.3, 0.4) is 0 Å². The van der Waals surface area contributed by atoms with Crippen LogP contribution in [0.2, 0.25) is 0 Å². The van der Waals surface area contributed by atoms with E-state index in [0.717, 1.165) is 6.42 Å². The topological polar surface area (TPSA) is 30.8 Å². The minimum atomic E-state index is -4.66. The Balaban J connectivity index is 2.47. The van der Waals surface area contributed by atoms with E-state index < -0.39 is 6.36 Å². The fourth-order valence-corrected chi connectivity index (χ4v) is 1.03. The Morgan fingerprint density at radius 3 is 2.41 bits per heavy atom. The molecule has 6 heteroatoms. The Kier molecular flexibility index (Phi) is 4.81. The largest absolute Gasteiger partial charge is 0.573 e. The van der Waals surface area contributed by atoms with Gasteiger partial charge in [0.2, 0.25) is 0 Å². The molecule has 1 aromatic carbocycles. The van der Waals surface area contributed by atoms with E-state index in [2.05, 4.69) is 9.89 Å². The summed E-state index contributed by atoms with van der Waals surface area (Å²) in [4.78, 5) is 4.91. The minimum absolute atomic E-state index is 0.211. The van der Waals surface area contributed by atoms with Crippen LogP contribution in [0.25, 0.3) is 0 Å². The summed E-state index contributed by atoms with van der Waals surface area (Å²) < 4.78 is 39.3. The van der Waals surface area contributed by atoms with Gasteiger partial charge in [-0.2, -0.15) is 0 Å². The predicted molar refractivity (Wildman–Crippen MR) is 56.7 cm³/mol. The maximum Gasteiger partial charge on any atom is 0.573 e.